The summed E-state index contributed by atoms with van der Waals surface area (Å²) in [6.45, 7) is 5.07. The van der Waals surface area contributed by atoms with Gasteiger partial charge in [-0.3, -0.25) is 14.9 Å². The minimum absolute atomic E-state index is 0.00574. The molecule has 0 saturated carbocycles. The summed E-state index contributed by atoms with van der Waals surface area (Å²) < 4.78 is 18.7. The van der Waals surface area contributed by atoms with Gasteiger partial charge in [0.2, 0.25) is 0 Å². The number of amides is 2. The first-order chi connectivity index (χ1) is 9.24. The Morgan fingerprint density at radius 3 is 2.45 bits per heavy atom. The van der Waals surface area contributed by atoms with Crippen LogP contribution >= 0.6 is 0 Å². The fourth-order valence-electron chi connectivity index (χ4n) is 1.42. The predicted octanol–water partition coefficient (Wildman–Crippen LogP) is 2.46. The van der Waals surface area contributed by atoms with E-state index in [0.717, 1.165) is 6.07 Å². The maximum atomic E-state index is 13.7. The molecule has 0 bridgehead atoms. The van der Waals surface area contributed by atoms with Crippen LogP contribution in [0.4, 0.5) is 14.9 Å². The van der Waals surface area contributed by atoms with Gasteiger partial charge < -0.3 is 4.74 Å². The second-order valence-electron chi connectivity index (χ2n) is 4.92. The molecule has 0 saturated heterocycles. The van der Waals surface area contributed by atoms with Gasteiger partial charge in [-0.25, -0.2) is 14.7 Å². The van der Waals surface area contributed by atoms with E-state index in [2.05, 4.69) is 10.2 Å². The van der Waals surface area contributed by atoms with Crippen molar-refractivity contribution in [3.8, 4) is 0 Å². The molecule has 0 radical (unpaired) electrons. The predicted molar refractivity (Wildman–Crippen MR) is 70.7 cm³/mol. The first kappa shape index (κ1) is 15.9. The summed E-state index contributed by atoms with van der Waals surface area (Å²) >= 11 is 0. The lowest BCUT2D eigenvalue weighted by atomic mass is 10.1. The summed E-state index contributed by atoms with van der Waals surface area (Å²) in [6.07, 6.45) is -0.783. The Balaban J connectivity index is 2.98. The number of hydrogen-bond donors (Lipinski definition) is 2. The maximum Gasteiger partial charge on any atom is 0.412 e. The van der Waals surface area contributed by atoms with Gasteiger partial charge in [0, 0.05) is 0 Å². The van der Waals surface area contributed by atoms with E-state index in [4.69, 9.17) is 4.74 Å². The summed E-state index contributed by atoms with van der Waals surface area (Å²) in [7, 11) is 1.22. The second kappa shape index (κ2) is 6.33. The lowest BCUT2D eigenvalue weighted by molar-refractivity contribution is 0.0534. The summed E-state index contributed by atoms with van der Waals surface area (Å²) in [5, 5.41) is 2.33. The normalized spacial score (nSPS) is 10.8. The van der Waals surface area contributed by atoms with E-state index >= 15 is 0 Å². The van der Waals surface area contributed by atoms with Crippen LogP contribution in [-0.4, -0.2) is 24.7 Å². The molecule has 0 aliphatic rings. The fourth-order valence-corrected chi connectivity index (χ4v) is 1.42. The average molecular weight is 284 g/mol. The SMILES string of the molecule is CONC(=O)c1c(F)cccc1NC(=O)OC(C)(C)C. The maximum absolute atomic E-state index is 13.7. The Labute approximate surface area is 116 Å². The number of hydroxylamine groups is 1. The molecule has 0 unspecified atom stereocenters. The Morgan fingerprint density at radius 2 is 1.90 bits per heavy atom. The zero-order chi connectivity index (χ0) is 15.3. The Kier molecular flexibility index (Phi) is 5.04. The molecule has 7 heteroatoms. The van der Waals surface area contributed by atoms with Gasteiger partial charge in [0.15, 0.2) is 0 Å². The molecule has 0 aliphatic heterocycles. The van der Waals surface area contributed by atoms with Crippen LogP contribution in [0.25, 0.3) is 0 Å². The van der Waals surface area contributed by atoms with Crippen molar-refractivity contribution >= 4 is 17.7 Å². The number of hydrogen-bond acceptors (Lipinski definition) is 4. The van der Waals surface area contributed by atoms with Crippen LogP contribution in [0.5, 0.6) is 0 Å². The molecular weight excluding hydrogens is 267 g/mol. The fraction of sp³-hybridized carbons (Fsp3) is 0.385. The van der Waals surface area contributed by atoms with Crippen LogP contribution in [0.3, 0.4) is 0 Å². The topological polar surface area (TPSA) is 76.7 Å². The van der Waals surface area contributed by atoms with Crippen LogP contribution in [-0.2, 0) is 9.57 Å². The number of anilines is 1. The van der Waals surface area contributed by atoms with E-state index in [0.29, 0.717) is 0 Å². The van der Waals surface area contributed by atoms with Crippen molar-refractivity contribution in [2.24, 2.45) is 0 Å². The number of carbonyl (C=O) groups is 2. The summed E-state index contributed by atoms with van der Waals surface area (Å²) in [5.74, 6) is -1.59. The van der Waals surface area contributed by atoms with Crippen LogP contribution < -0.4 is 10.8 Å². The highest BCUT2D eigenvalue weighted by molar-refractivity contribution is 6.02. The van der Waals surface area contributed by atoms with Crippen molar-refractivity contribution in [1.82, 2.24) is 5.48 Å². The quantitative estimate of drug-likeness (QED) is 0.836. The van der Waals surface area contributed by atoms with Gasteiger partial charge in [-0.05, 0) is 32.9 Å². The van der Waals surface area contributed by atoms with Crippen molar-refractivity contribution in [1.29, 1.82) is 0 Å². The molecule has 6 nitrogen and oxygen atoms in total. The first-order valence-corrected chi connectivity index (χ1v) is 5.86. The molecule has 0 heterocycles. The number of benzene rings is 1. The van der Waals surface area contributed by atoms with Crippen molar-refractivity contribution in [3.63, 3.8) is 0 Å². The molecule has 0 fully saturated rings. The molecule has 1 rings (SSSR count). The molecule has 0 aliphatic carbocycles. The monoisotopic (exact) mass is 284 g/mol. The molecule has 2 N–H and O–H groups in total. The third-order valence-electron chi connectivity index (χ3n) is 2.07. The second-order valence-corrected chi connectivity index (χ2v) is 4.92. The third kappa shape index (κ3) is 4.51. The van der Waals surface area contributed by atoms with E-state index < -0.39 is 23.4 Å². The van der Waals surface area contributed by atoms with Crippen LogP contribution in [0.15, 0.2) is 18.2 Å². The highest BCUT2D eigenvalue weighted by Gasteiger charge is 2.21. The highest BCUT2D eigenvalue weighted by Crippen LogP contribution is 2.20. The van der Waals surface area contributed by atoms with E-state index in [-0.39, 0.29) is 11.3 Å². The highest BCUT2D eigenvalue weighted by atomic mass is 19.1. The van der Waals surface area contributed by atoms with Gasteiger partial charge in [0.05, 0.1) is 12.8 Å². The van der Waals surface area contributed by atoms with Crippen molar-refractivity contribution < 1.29 is 23.6 Å². The minimum Gasteiger partial charge on any atom is -0.444 e. The Bertz CT molecular complexity index is 512. The number of rotatable bonds is 3. The van der Waals surface area contributed by atoms with Crippen molar-refractivity contribution in [2.75, 3.05) is 12.4 Å². The Hall–Kier alpha value is -2.15. The van der Waals surface area contributed by atoms with Crippen LogP contribution in [0, 0.1) is 5.82 Å². The van der Waals surface area contributed by atoms with Crippen molar-refractivity contribution in [2.45, 2.75) is 26.4 Å². The molecule has 1 aromatic rings. The van der Waals surface area contributed by atoms with Gasteiger partial charge in [0.25, 0.3) is 5.91 Å². The Morgan fingerprint density at radius 1 is 1.25 bits per heavy atom. The van der Waals surface area contributed by atoms with E-state index in [9.17, 15) is 14.0 Å². The van der Waals surface area contributed by atoms with Gasteiger partial charge in [0.1, 0.15) is 17.0 Å². The first-order valence-electron chi connectivity index (χ1n) is 5.86. The van der Waals surface area contributed by atoms with E-state index in [1.165, 1.54) is 19.2 Å². The number of carbonyl (C=O) groups excluding carboxylic acids is 2. The number of nitrogens with one attached hydrogen (secondary N) is 2. The van der Waals surface area contributed by atoms with Crippen LogP contribution in [0.2, 0.25) is 0 Å². The molecule has 1 aromatic carbocycles. The van der Waals surface area contributed by atoms with E-state index in [1.54, 1.807) is 20.8 Å². The zero-order valence-corrected chi connectivity index (χ0v) is 11.7. The molecule has 110 valence electrons. The van der Waals surface area contributed by atoms with Gasteiger partial charge in [-0.1, -0.05) is 6.07 Å². The number of halogens is 1. The lowest BCUT2D eigenvalue weighted by Gasteiger charge is -2.20. The van der Waals surface area contributed by atoms with Gasteiger partial charge in [-0.15, -0.1) is 0 Å². The molecule has 0 aromatic heterocycles. The van der Waals surface area contributed by atoms with Crippen LogP contribution in [0.1, 0.15) is 31.1 Å². The smallest absolute Gasteiger partial charge is 0.412 e. The lowest BCUT2D eigenvalue weighted by Crippen LogP contribution is -2.29. The largest absolute Gasteiger partial charge is 0.444 e. The molecular formula is C13H17FN2O4. The summed E-state index contributed by atoms with van der Waals surface area (Å²) in [5.41, 5.74) is 0.953. The minimum atomic E-state index is -0.809. The molecule has 20 heavy (non-hydrogen) atoms. The average Bonchev–Trinajstić information content (AvgIpc) is 2.26. The van der Waals surface area contributed by atoms with Gasteiger partial charge in [-0.2, -0.15) is 0 Å². The molecule has 0 spiro atoms. The third-order valence-corrected chi connectivity index (χ3v) is 2.07. The van der Waals surface area contributed by atoms with Gasteiger partial charge >= 0.3 is 6.09 Å². The summed E-state index contributed by atoms with van der Waals surface area (Å²) in [4.78, 5) is 27.8. The zero-order valence-electron chi connectivity index (χ0n) is 11.7. The standard InChI is InChI=1S/C13H17FN2O4/c1-13(2,3)20-12(18)15-9-7-5-6-8(14)10(9)11(17)16-19-4/h5-7H,1-4H3,(H,15,18)(H,16,17). The summed E-state index contributed by atoms with van der Waals surface area (Å²) in [6, 6.07) is 3.86. The van der Waals surface area contributed by atoms with E-state index in [1.807, 2.05) is 5.48 Å². The van der Waals surface area contributed by atoms with Crippen molar-refractivity contribution in [3.05, 3.63) is 29.6 Å². The molecule has 2 amide bonds. The number of ether oxygens (including phenoxy) is 1. The molecule has 0 atom stereocenters.